The number of nitrogens with zero attached hydrogens (tertiary/aromatic N) is 1. The van der Waals surface area contributed by atoms with Crippen molar-refractivity contribution in [2.45, 2.75) is 12.8 Å². The summed E-state index contributed by atoms with van der Waals surface area (Å²) >= 11 is 0. The normalized spacial score (nSPS) is 21.6. The Labute approximate surface area is 75.6 Å². The molecule has 0 spiro atoms. The van der Waals surface area contributed by atoms with Crippen molar-refractivity contribution in [1.82, 2.24) is 4.90 Å². The highest BCUT2D eigenvalue weighted by molar-refractivity contribution is 7.84. The van der Waals surface area contributed by atoms with E-state index < -0.39 is 10.8 Å². The molecule has 1 aliphatic heterocycles. The maximum absolute atomic E-state index is 10.8. The molecule has 1 rings (SSSR count). The first-order chi connectivity index (χ1) is 5.68. The summed E-state index contributed by atoms with van der Waals surface area (Å²) in [5.41, 5.74) is 0. The number of likely N-dealkylation sites (tertiary alicyclic amines) is 1. The van der Waals surface area contributed by atoms with Crippen LogP contribution in [0.4, 0.5) is 0 Å². The molecular weight excluding hydrogens is 174 g/mol. The highest BCUT2D eigenvalue weighted by atomic mass is 32.2. The van der Waals surface area contributed by atoms with Crippen LogP contribution in [0.25, 0.3) is 0 Å². The first-order valence-corrected chi connectivity index (χ1v) is 5.95. The van der Waals surface area contributed by atoms with Crippen LogP contribution in [0.5, 0.6) is 0 Å². The third-order valence-electron chi connectivity index (χ3n) is 2.01. The van der Waals surface area contributed by atoms with Crippen LogP contribution < -0.4 is 0 Å². The molecule has 0 aromatic heterocycles. The fourth-order valence-electron chi connectivity index (χ4n) is 1.37. The molecule has 0 radical (unpaired) electrons. The second-order valence-corrected chi connectivity index (χ2v) is 4.75. The lowest BCUT2D eigenvalue weighted by molar-refractivity contribution is -0.116. The van der Waals surface area contributed by atoms with Gasteiger partial charge in [-0.05, 0) is 13.0 Å². The van der Waals surface area contributed by atoms with E-state index in [1.165, 1.54) is 0 Å². The van der Waals surface area contributed by atoms with Crippen molar-refractivity contribution in [3.63, 3.8) is 0 Å². The standard InChI is InChI=1S/C8H15NO2S/c1-12(11)6-2-4-9-5-3-8(10)7-9/h2-7H2,1H3. The number of carbonyl (C=O) groups excluding carboxylic acids is 1. The van der Waals surface area contributed by atoms with E-state index in [1.54, 1.807) is 6.26 Å². The Morgan fingerprint density at radius 1 is 1.58 bits per heavy atom. The molecular formula is C8H15NO2S. The van der Waals surface area contributed by atoms with E-state index in [0.29, 0.717) is 18.7 Å². The van der Waals surface area contributed by atoms with Gasteiger partial charge in [-0.15, -0.1) is 0 Å². The average molecular weight is 189 g/mol. The summed E-state index contributed by atoms with van der Waals surface area (Å²) in [4.78, 5) is 13.0. The quantitative estimate of drug-likeness (QED) is 0.626. The summed E-state index contributed by atoms with van der Waals surface area (Å²) in [7, 11) is -0.686. The second-order valence-electron chi connectivity index (χ2n) is 3.20. The summed E-state index contributed by atoms with van der Waals surface area (Å²) in [5, 5.41) is 0. The topological polar surface area (TPSA) is 37.4 Å². The average Bonchev–Trinajstić information content (AvgIpc) is 2.35. The van der Waals surface area contributed by atoms with Gasteiger partial charge in [-0.25, -0.2) is 0 Å². The molecule has 1 heterocycles. The Kier molecular flexibility index (Phi) is 3.88. The predicted octanol–water partition coefficient (Wildman–Crippen LogP) is 0.0298. The van der Waals surface area contributed by atoms with Gasteiger partial charge in [0.25, 0.3) is 0 Å². The molecule has 4 heteroatoms. The van der Waals surface area contributed by atoms with Gasteiger partial charge in [0.2, 0.25) is 0 Å². The summed E-state index contributed by atoms with van der Waals surface area (Å²) in [6.07, 6.45) is 3.36. The van der Waals surface area contributed by atoms with E-state index in [2.05, 4.69) is 4.90 Å². The molecule has 0 aromatic rings. The van der Waals surface area contributed by atoms with Crippen LogP contribution in [0.15, 0.2) is 0 Å². The zero-order chi connectivity index (χ0) is 8.97. The first-order valence-electron chi connectivity index (χ1n) is 4.22. The van der Waals surface area contributed by atoms with Gasteiger partial charge in [-0.2, -0.15) is 0 Å². The summed E-state index contributed by atoms with van der Waals surface area (Å²) in [6, 6.07) is 0. The minimum absolute atomic E-state index is 0.340. The maximum Gasteiger partial charge on any atom is 0.148 e. The van der Waals surface area contributed by atoms with Gasteiger partial charge < -0.3 is 0 Å². The Balaban J connectivity index is 2.08. The lowest BCUT2D eigenvalue weighted by Crippen LogP contribution is -2.23. The summed E-state index contributed by atoms with van der Waals surface area (Å²) < 4.78 is 10.7. The molecule has 70 valence electrons. The molecule has 3 nitrogen and oxygen atoms in total. The van der Waals surface area contributed by atoms with Gasteiger partial charge in [-0.3, -0.25) is 13.9 Å². The fourth-order valence-corrected chi connectivity index (χ4v) is 1.91. The van der Waals surface area contributed by atoms with Crippen molar-refractivity contribution < 1.29 is 9.00 Å². The number of rotatable bonds is 4. The predicted molar refractivity (Wildman–Crippen MR) is 49.6 cm³/mol. The minimum atomic E-state index is -0.686. The Morgan fingerprint density at radius 3 is 2.83 bits per heavy atom. The molecule has 0 amide bonds. The van der Waals surface area contributed by atoms with Crippen LogP contribution in [-0.2, 0) is 15.6 Å². The van der Waals surface area contributed by atoms with Gasteiger partial charge in [0.1, 0.15) is 5.78 Å². The van der Waals surface area contributed by atoms with Crippen molar-refractivity contribution in [3.8, 4) is 0 Å². The van der Waals surface area contributed by atoms with E-state index in [-0.39, 0.29) is 0 Å². The van der Waals surface area contributed by atoms with Crippen molar-refractivity contribution in [3.05, 3.63) is 0 Å². The van der Waals surface area contributed by atoms with Crippen molar-refractivity contribution in [2.75, 3.05) is 31.6 Å². The van der Waals surface area contributed by atoms with Gasteiger partial charge in [0.05, 0.1) is 6.54 Å². The molecule has 1 aliphatic rings. The highest BCUT2D eigenvalue weighted by Gasteiger charge is 2.17. The third-order valence-corrected chi connectivity index (χ3v) is 2.88. The first kappa shape index (κ1) is 9.86. The van der Waals surface area contributed by atoms with E-state index in [4.69, 9.17) is 0 Å². The van der Waals surface area contributed by atoms with Crippen molar-refractivity contribution >= 4 is 16.6 Å². The Hall–Kier alpha value is -0.220. The molecule has 0 aliphatic carbocycles. The summed E-state index contributed by atoms with van der Waals surface area (Å²) in [6.45, 7) is 2.43. The molecule has 0 saturated carbocycles. The van der Waals surface area contributed by atoms with Crippen LogP contribution in [0.3, 0.4) is 0 Å². The monoisotopic (exact) mass is 189 g/mol. The number of carbonyl (C=O) groups is 1. The lowest BCUT2D eigenvalue weighted by Gasteiger charge is -2.11. The Bertz CT molecular complexity index is 193. The molecule has 1 atom stereocenters. The van der Waals surface area contributed by atoms with Crippen LogP contribution in [-0.4, -0.2) is 46.5 Å². The fraction of sp³-hybridized carbons (Fsp3) is 0.875. The number of ketones is 1. The third kappa shape index (κ3) is 3.45. The Morgan fingerprint density at radius 2 is 2.33 bits per heavy atom. The lowest BCUT2D eigenvalue weighted by atomic mass is 10.4. The second kappa shape index (κ2) is 4.72. The zero-order valence-corrected chi connectivity index (χ0v) is 8.23. The zero-order valence-electron chi connectivity index (χ0n) is 7.41. The van der Waals surface area contributed by atoms with E-state index in [1.807, 2.05) is 0 Å². The number of hydrogen-bond donors (Lipinski definition) is 0. The van der Waals surface area contributed by atoms with Gasteiger partial charge >= 0.3 is 0 Å². The molecule has 0 aromatic carbocycles. The molecule has 1 fully saturated rings. The molecule has 1 unspecified atom stereocenters. The minimum Gasteiger partial charge on any atom is -0.298 e. The maximum atomic E-state index is 10.8. The SMILES string of the molecule is CS(=O)CCCN1CCC(=O)C1. The van der Waals surface area contributed by atoms with E-state index in [0.717, 1.165) is 25.3 Å². The number of hydrogen-bond acceptors (Lipinski definition) is 3. The van der Waals surface area contributed by atoms with Crippen LogP contribution in [0.2, 0.25) is 0 Å². The van der Waals surface area contributed by atoms with Crippen molar-refractivity contribution in [1.29, 1.82) is 0 Å². The van der Waals surface area contributed by atoms with Gasteiger partial charge in [0, 0.05) is 35.8 Å². The van der Waals surface area contributed by atoms with Crippen LogP contribution in [0, 0.1) is 0 Å². The molecule has 0 N–H and O–H groups in total. The van der Waals surface area contributed by atoms with Crippen molar-refractivity contribution in [2.24, 2.45) is 0 Å². The van der Waals surface area contributed by atoms with Crippen LogP contribution >= 0.6 is 0 Å². The van der Waals surface area contributed by atoms with E-state index in [9.17, 15) is 9.00 Å². The smallest absolute Gasteiger partial charge is 0.148 e. The van der Waals surface area contributed by atoms with E-state index >= 15 is 0 Å². The molecule has 1 saturated heterocycles. The molecule has 0 bridgehead atoms. The molecule has 12 heavy (non-hydrogen) atoms. The van der Waals surface area contributed by atoms with Gasteiger partial charge in [0.15, 0.2) is 0 Å². The largest absolute Gasteiger partial charge is 0.298 e. The van der Waals surface area contributed by atoms with Crippen LogP contribution in [0.1, 0.15) is 12.8 Å². The van der Waals surface area contributed by atoms with Gasteiger partial charge in [-0.1, -0.05) is 0 Å². The highest BCUT2D eigenvalue weighted by Crippen LogP contribution is 2.04. The summed E-state index contributed by atoms with van der Waals surface area (Å²) in [5.74, 6) is 1.10. The number of Topliss-reactive ketones (excluding diaryl/α,β-unsaturated/α-hetero) is 1.